The number of aliphatic carboxylic acids is 1. The lowest BCUT2D eigenvalue weighted by Crippen LogP contribution is -2.59. The first kappa shape index (κ1) is 44.7. The third kappa shape index (κ3) is 15.6. The monoisotopic (exact) mass is 727 g/mol. The first-order valence-corrected chi connectivity index (χ1v) is 17.3. The maximum atomic E-state index is 13.2. The van der Waals surface area contributed by atoms with Crippen molar-refractivity contribution in [3.05, 3.63) is 0 Å². The van der Waals surface area contributed by atoms with Crippen LogP contribution in [-0.2, 0) is 38.4 Å². The van der Waals surface area contributed by atoms with Crippen molar-refractivity contribution in [3.8, 4) is 0 Å². The molecule has 1 aliphatic heterocycles. The number of carbonyl (C=O) groups excluding carboxylic acids is 7. The fraction of sp³-hybridized carbons (Fsp3) is 0.750. The Labute approximate surface area is 298 Å². The normalized spacial score (nSPS) is 17.1. The average Bonchev–Trinajstić information content (AvgIpc) is 3.56. The van der Waals surface area contributed by atoms with E-state index in [0.717, 1.165) is 0 Å². The Hall–Kier alpha value is -4.36. The van der Waals surface area contributed by atoms with E-state index in [-0.39, 0.29) is 31.2 Å². The number of amides is 7. The fourth-order valence-electron chi connectivity index (χ4n) is 5.40. The Morgan fingerprint density at radius 2 is 1.37 bits per heavy atom. The molecule has 19 heteroatoms. The van der Waals surface area contributed by atoms with Crippen molar-refractivity contribution < 1.29 is 48.6 Å². The highest BCUT2D eigenvalue weighted by molar-refractivity contribution is 5.96. The second-order valence-corrected chi connectivity index (χ2v) is 13.3. The third-order valence-electron chi connectivity index (χ3n) is 8.15. The van der Waals surface area contributed by atoms with E-state index in [0.29, 0.717) is 38.8 Å². The minimum absolute atomic E-state index is 0.0182. The summed E-state index contributed by atoms with van der Waals surface area (Å²) in [5, 5.41) is 34.3. The number of likely N-dealkylation sites (tertiary alicyclic amines) is 1. The quantitative estimate of drug-likeness (QED) is 0.0484. The van der Waals surface area contributed by atoms with Crippen LogP contribution in [0.5, 0.6) is 0 Å². The van der Waals surface area contributed by atoms with E-state index in [9.17, 15) is 48.6 Å². The lowest BCUT2D eigenvalue weighted by molar-refractivity contribution is -0.142. The molecule has 290 valence electrons. The maximum absolute atomic E-state index is 13.2. The minimum Gasteiger partial charge on any atom is -0.480 e. The summed E-state index contributed by atoms with van der Waals surface area (Å²) in [7, 11) is 0. The number of unbranched alkanes of at least 4 members (excludes halogenated alkanes) is 1. The molecule has 1 fully saturated rings. The van der Waals surface area contributed by atoms with E-state index >= 15 is 0 Å². The van der Waals surface area contributed by atoms with Crippen molar-refractivity contribution in [1.29, 1.82) is 0 Å². The van der Waals surface area contributed by atoms with Crippen LogP contribution >= 0.6 is 0 Å². The SMILES string of the molecule is CC(C)C[C@H](NC(=O)CNC(=O)[C@H](CCCCN)NC(=O)[C@@H](NC(=O)CNC(=O)[C@@H](NC(=O)[C@@H]1CCCN1C(=O)CN)C(C)C)[C@@H](C)O)C(=O)O. The number of carboxylic acids is 1. The molecule has 1 aliphatic rings. The molecule has 6 atom stereocenters. The third-order valence-corrected chi connectivity index (χ3v) is 8.15. The van der Waals surface area contributed by atoms with Crippen LogP contribution in [0.15, 0.2) is 0 Å². The number of hydrogen-bond donors (Lipinski definition) is 10. The Kier molecular flexibility index (Phi) is 19.7. The number of carboxylic acid groups (broad SMARTS) is 1. The van der Waals surface area contributed by atoms with Gasteiger partial charge in [0, 0.05) is 6.54 Å². The lowest BCUT2D eigenvalue weighted by atomic mass is 10.0. The molecule has 0 bridgehead atoms. The summed E-state index contributed by atoms with van der Waals surface area (Å²) in [6.45, 7) is 7.42. The van der Waals surface area contributed by atoms with Crippen molar-refractivity contribution in [3.63, 3.8) is 0 Å². The van der Waals surface area contributed by atoms with Gasteiger partial charge in [0.15, 0.2) is 0 Å². The van der Waals surface area contributed by atoms with Gasteiger partial charge in [-0.15, -0.1) is 0 Å². The molecule has 0 unspecified atom stereocenters. The topological polar surface area (TPSA) is 304 Å². The van der Waals surface area contributed by atoms with Crippen LogP contribution in [0.25, 0.3) is 0 Å². The fourth-order valence-corrected chi connectivity index (χ4v) is 5.40. The number of rotatable bonds is 22. The van der Waals surface area contributed by atoms with Gasteiger partial charge in [-0.25, -0.2) is 4.79 Å². The van der Waals surface area contributed by atoms with Gasteiger partial charge >= 0.3 is 5.97 Å². The number of aliphatic hydroxyl groups is 1. The van der Waals surface area contributed by atoms with Crippen LogP contribution in [0.1, 0.15) is 73.1 Å². The molecule has 0 aromatic heterocycles. The number of hydrogen-bond acceptors (Lipinski definition) is 11. The van der Waals surface area contributed by atoms with Gasteiger partial charge in [0.1, 0.15) is 30.2 Å². The summed E-state index contributed by atoms with van der Waals surface area (Å²) in [5.41, 5.74) is 11.0. The van der Waals surface area contributed by atoms with Crippen molar-refractivity contribution in [2.24, 2.45) is 23.3 Å². The molecule has 7 amide bonds. The first-order valence-electron chi connectivity index (χ1n) is 17.3. The van der Waals surface area contributed by atoms with Gasteiger partial charge in [-0.2, -0.15) is 0 Å². The van der Waals surface area contributed by atoms with Gasteiger partial charge in [0.05, 0.1) is 25.7 Å². The molecule has 1 saturated heterocycles. The molecule has 0 radical (unpaired) electrons. The van der Waals surface area contributed by atoms with Gasteiger partial charge in [0.25, 0.3) is 0 Å². The van der Waals surface area contributed by atoms with E-state index in [2.05, 4.69) is 31.9 Å². The van der Waals surface area contributed by atoms with E-state index in [1.54, 1.807) is 27.7 Å². The molecule has 51 heavy (non-hydrogen) atoms. The summed E-state index contributed by atoms with van der Waals surface area (Å²) in [4.78, 5) is 102. The summed E-state index contributed by atoms with van der Waals surface area (Å²) in [6, 6.07) is -5.74. The average molecular weight is 728 g/mol. The smallest absolute Gasteiger partial charge is 0.326 e. The predicted molar refractivity (Wildman–Crippen MR) is 184 cm³/mol. The summed E-state index contributed by atoms with van der Waals surface area (Å²) in [5.74, 6) is -6.54. The largest absolute Gasteiger partial charge is 0.480 e. The number of carbonyl (C=O) groups is 8. The van der Waals surface area contributed by atoms with Crippen molar-refractivity contribution in [2.45, 2.75) is 109 Å². The molecule has 1 rings (SSSR count). The highest BCUT2D eigenvalue weighted by atomic mass is 16.4. The number of nitrogens with one attached hydrogen (secondary N) is 6. The molecule has 12 N–H and O–H groups in total. The Balaban J connectivity index is 2.86. The Bertz CT molecular complexity index is 1230. The molecule has 0 spiro atoms. The zero-order chi connectivity index (χ0) is 38.8. The maximum Gasteiger partial charge on any atom is 0.326 e. The van der Waals surface area contributed by atoms with E-state index in [1.807, 2.05) is 0 Å². The van der Waals surface area contributed by atoms with E-state index in [1.165, 1.54) is 11.8 Å². The Morgan fingerprint density at radius 3 is 1.90 bits per heavy atom. The minimum atomic E-state index is -1.55. The van der Waals surface area contributed by atoms with Crippen LogP contribution in [0, 0.1) is 11.8 Å². The van der Waals surface area contributed by atoms with Gasteiger partial charge < -0.3 is 58.5 Å². The highest BCUT2D eigenvalue weighted by Crippen LogP contribution is 2.18. The van der Waals surface area contributed by atoms with Crippen LogP contribution in [0.3, 0.4) is 0 Å². The van der Waals surface area contributed by atoms with E-state index in [4.69, 9.17) is 11.5 Å². The van der Waals surface area contributed by atoms with Crippen molar-refractivity contribution in [2.75, 3.05) is 32.7 Å². The first-order chi connectivity index (χ1) is 23.9. The summed E-state index contributed by atoms with van der Waals surface area (Å²) in [6.07, 6.45) is 0.759. The van der Waals surface area contributed by atoms with Gasteiger partial charge in [-0.05, 0) is 63.8 Å². The second kappa shape index (κ2) is 22.5. The molecule has 1 heterocycles. The van der Waals surface area contributed by atoms with Gasteiger partial charge in [0.2, 0.25) is 41.4 Å². The predicted octanol–water partition coefficient (Wildman–Crippen LogP) is -3.60. The van der Waals surface area contributed by atoms with Crippen LogP contribution in [-0.4, -0.2) is 131 Å². The zero-order valence-electron chi connectivity index (χ0n) is 30.2. The zero-order valence-corrected chi connectivity index (χ0v) is 30.2. The molecule has 0 aromatic rings. The molecule has 0 aromatic carbocycles. The molecule has 0 saturated carbocycles. The molecular formula is C32H57N9O10. The van der Waals surface area contributed by atoms with Gasteiger partial charge in [-0.3, -0.25) is 33.6 Å². The second-order valence-electron chi connectivity index (χ2n) is 13.3. The number of aliphatic hydroxyl groups excluding tert-OH is 1. The van der Waals surface area contributed by atoms with Crippen LogP contribution < -0.4 is 43.4 Å². The highest BCUT2D eigenvalue weighted by Gasteiger charge is 2.36. The lowest BCUT2D eigenvalue weighted by Gasteiger charge is -2.27. The standard InChI is InChI=1S/C32H57N9O10/c1-17(2)13-21(32(50)51)37-23(43)15-35-28(46)20(9-6-7-11-33)38-31(49)27(19(5)42)39-24(44)16-36-30(48)26(18(3)4)40-29(47)22-10-8-12-41(22)25(45)14-34/h17-22,26-27,42H,6-16,33-34H2,1-5H3,(H,35,46)(H,36,48)(H,37,43)(H,38,49)(H,39,44)(H,40,47)(H,50,51)/t19-,20+,21+,22+,26+,27+/m1/s1. The molecular weight excluding hydrogens is 670 g/mol. The molecule has 0 aliphatic carbocycles. The summed E-state index contributed by atoms with van der Waals surface area (Å²) >= 11 is 0. The van der Waals surface area contributed by atoms with Crippen molar-refractivity contribution >= 4 is 47.3 Å². The summed E-state index contributed by atoms with van der Waals surface area (Å²) < 4.78 is 0. The number of nitrogens with zero attached hydrogens (tertiary/aromatic N) is 1. The van der Waals surface area contributed by atoms with Crippen molar-refractivity contribution in [1.82, 2.24) is 36.8 Å². The molecule has 19 nitrogen and oxygen atoms in total. The Morgan fingerprint density at radius 1 is 0.765 bits per heavy atom. The van der Waals surface area contributed by atoms with E-state index < -0.39 is 96.7 Å². The van der Waals surface area contributed by atoms with Crippen LogP contribution in [0.4, 0.5) is 0 Å². The van der Waals surface area contributed by atoms with Crippen LogP contribution in [0.2, 0.25) is 0 Å². The number of nitrogens with two attached hydrogens (primary N) is 2. The van der Waals surface area contributed by atoms with Gasteiger partial charge in [-0.1, -0.05) is 27.7 Å².